The lowest BCUT2D eigenvalue weighted by atomic mass is 9.91. The van der Waals surface area contributed by atoms with Crippen LogP contribution < -0.4 is 5.11 Å². The summed E-state index contributed by atoms with van der Waals surface area (Å²) >= 11 is 0. The second kappa shape index (κ2) is 5.38. The van der Waals surface area contributed by atoms with Crippen molar-refractivity contribution < 1.29 is 29.4 Å². The minimum absolute atomic E-state index is 0.0419. The molecule has 0 aromatic heterocycles. The molecule has 6 heteroatoms. The van der Waals surface area contributed by atoms with Crippen molar-refractivity contribution in [1.29, 1.82) is 0 Å². The molecule has 0 spiro atoms. The first kappa shape index (κ1) is 15.0. The number of carboxylic acid groups (broad SMARTS) is 1. The molecule has 0 aliphatic heterocycles. The van der Waals surface area contributed by atoms with Crippen molar-refractivity contribution in [2.24, 2.45) is 0 Å². The molecule has 0 aromatic rings. The highest BCUT2D eigenvalue weighted by molar-refractivity contribution is 5.90. The molecule has 0 aliphatic carbocycles. The van der Waals surface area contributed by atoms with Crippen molar-refractivity contribution in [2.75, 3.05) is 34.3 Å². The number of nitrogens with zero attached hydrogens (tertiary/aromatic N) is 1. The predicted octanol–water partition coefficient (Wildman–Crippen LogP) is -2.48. The number of Topliss-reactive ketones (excluding diaryl/α,β-unsaturated/α-hetero) is 1. The summed E-state index contributed by atoms with van der Waals surface area (Å²) in [7, 11) is 5.19. The first-order valence-corrected chi connectivity index (χ1v) is 4.97. The standard InChI is InChI=1S/C10H19NO5/c1-11(2,3)7-10(16,6-9(14)15)8(13)4-5-12/h12,16H,4-7H2,1-3H3. The third-order valence-corrected chi connectivity index (χ3v) is 2.03. The monoisotopic (exact) mass is 233 g/mol. The van der Waals surface area contributed by atoms with Crippen LogP contribution in [0, 0.1) is 0 Å². The Morgan fingerprint density at radius 2 is 1.81 bits per heavy atom. The van der Waals surface area contributed by atoms with Gasteiger partial charge in [-0.1, -0.05) is 0 Å². The van der Waals surface area contributed by atoms with Gasteiger partial charge in [0.2, 0.25) is 0 Å². The molecule has 6 nitrogen and oxygen atoms in total. The van der Waals surface area contributed by atoms with Gasteiger partial charge in [0.1, 0.15) is 6.54 Å². The highest BCUT2D eigenvalue weighted by Gasteiger charge is 2.40. The van der Waals surface area contributed by atoms with Gasteiger partial charge in [0.05, 0.1) is 27.7 Å². The number of aliphatic carboxylic acids is 1. The van der Waals surface area contributed by atoms with E-state index in [1.165, 1.54) is 0 Å². The summed E-state index contributed by atoms with van der Waals surface area (Å²) in [5.74, 6) is -2.16. The van der Waals surface area contributed by atoms with Crippen LogP contribution >= 0.6 is 0 Å². The van der Waals surface area contributed by atoms with Crippen LogP contribution in [-0.4, -0.2) is 66.3 Å². The zero-order valence-electron chi connectivity index (χ0n) is 9.89. The quantitative estimate of drug-likeness (QED) is 0.474. The minimum Gasteiger partial charge on any atom is -0.550 e. The number of hydrogen-bond acceptors (Lipinski definition) is 5. The average Bonchev–Trinajstić information content (AvgIpc) is 1.98. The topological polar surface area (TPSA) is 97.7 Å². The predicted molar refractivity (Wildman–Crippen MR) is 54.2 cm³/mol. The van der Waals surface area contributed by atoms with Crippen LogP contribution in [0.2, 0.25) is 0 Å². The molecule has 0 bridgehead atoms. The Bertz CT molecular complexity index is 271. The van der Waals surface area contributed by atoms with Crippen LogP contribution in [0.3, 0.4) is 0 Å². The average molecular weight is 233 g/mol. The fraction of sp³-hybridized carbons (Fsp3) is 0.800. The number of carboxylic acids is 1. The molecule has 0 aliphatic rings. The van der Waals surface area contributed by atoms with E-state index in [4.69, 9.17) is 5.11 Å². The molecule has 0 saturated heterocycles. The Labute approximate surface area is 94.7 Å². The third-order valence-electron chi connectivity index (χ3n) is 2.03. The third kappa shape index (κ3) is 5.20. The molecule has 0 fully saturated rings. The zero-order chi connectivity index (χ0) is 13.0. The molecular formula is C10H19NO5. The molecule has 0 amide bonds. The van der Waals surface area contributed by atoms with Gasteiger partial charge in [-0.3, -0.25) is 4.79 Å². The number of carbonyl (C=O) groups is 2. The molecule has 2 N–H and O–H groups in total. The molecule has 0 heterocycles. The Hall–Kier alpha value is -0.980. The van der Waals surface area contributed by atoms with E-state index in [2.05, 4.69) is 0 Å². The smallest absolute Gasteiger partial charge is 0.177 e. The second-order valence-electron chi connectivity index (χ2n) is 4.93. The fourth-order valence-corrected chi connectivity index (χ4v) is 1.60. The normalized spacial score (nSPS) is 15.6. The Kier molecular flexibility index (Phi) is 5.05. The van der Waals surface area contributed by atoms with E-state index in [0.717, 1.165) is 0 Å². The van der Waals surface area contributed by atoms with Gasteiger partial charge < -0.3 is 24.6 Å². The molecule has 94 valence electrons. The molecule has 0 saturated carbocycles. The molecule has 0 rings (SSSR count). The summed E-state index contributed by atoms with van der Waals surface area (Å²) in [6.07, 6.45) is -1.01. The highest BCUT2D eigenvalue weighted by Crippen LogP contribution is 2.17. The zero-order valence-corrected chi connectivity index (χ0v) is 9.89. The Morgan fingerprint density at radius 3 is 2.12 bits per heavy atom. The van der Waals surface area contributed by atoms with Crippen molar-refractivity contribution in [1.82, 2.24) is 0 Å². The minimum atomic E-state index is -1.97. The number of ketones is 1. The number of quaternary nitrogens is 1. The lowest BCUT2D eigenvalue weighted by Crippen LogP contribution is -2.56. The molecule has 0 radical (unpaired) electrons. The molecule has 1 atom stereocenters. The molecule has 1 unspecified atom stereocenters. The van der Waals surface area contributed by atoms with Gasteiger partial charge in [-0.15, -0.1) is 0 Å². The van der Waals surface area contributed by atoms with Crippen LogP contribution in [0.25, 0.3) is 0 Å². The van der Waals surface area contributed by atoms with Crippen molar-refractivity contribution >= 4 is 11.8 Å². The van der Waals surface area contributed by atoms with Gasteiger partial charge in [-0.2, -0.15) is 0 Å². The number of rotatable bonds is 7. The maximum atomic E-state index is 11.6. The van der Waals surface area contributed by atoms with Gasteiger partial charge in [0.15, 0.2) is 11.4 Å². The summed E-state index contributed by atoms with van der Waals surface area (Å²) in [4.78, 5) is 22.1. The van der Waals surface area contributed by atoms with E-state index in [9.17, 15) is 19.8 Å². The molecular weight excluding hydrogens is 214 g/mol. The second-order valence-corrected chi connectivity index (χ2v) is 4.93. The maximum absolute atomic E-state index is 11.6. The van der Waals surface area contributed by atoms with Crippen molar-refractivity contribution in [3.63, 3.8) is 0 Å². The van der Waals surface area contributed by atoms with E-state index in [-0.39, 0.29) is 17.4 Å². The Balaban J connectivity index is 4.87. The summed E-state index contributed by atoms with van der Waals surface area (Å²) in [5.41, 5.74) is -1.97. The number of likely N-dealkylation sites (N-methyl/N-ethyl adjacent to an activating group) is 1. The van der Waals surface area contributed by atoms with Gasteiger partial charge in [0.25, 0.3) is 0 Å². The van der Waals surface area contributed by atoms with E-state index in [1.807, 2.05) is 0 Å². The van der Waals surface area contributed by atoms with Crippen molar-refractivity contribution in [3.05, 3.63) is 0 Å². The summed E-state index contributed by atoms with van der Waals surface area (Å²) < 4.78 is 0.237. The van der Waals surface area contributed by atoms with Crippen LogP contribution in [0.15, 0.2) is 0 Å². The van der Waals surface area contributed by atoms with Crippen LogP contribution in [0.4, 0.5) is 0 Å². The van der Waals surface area contributed by atoms with Gasteiger partial charge >= 0.3 is 0 Å². The lowest BCUT2D eigenvalue weighted by molar-refractivity contribution is -0.875. The SMILES string of the molecule is C[N+](C)(C)CC(O)(CC(=O)[O-])C(=O)CCO. The van der Waals surface area contributed by atoms with Crippen LogP contribution in [-0.2, 0) is 9.59 Å². The van der Waals surface area contributed by atoms with Crippen LogP contribution in [0.1, 0.15) is 12.8 Å². The summed E-state index contributed by atoms with van der Waals surface area (Å²) in [5, 5.41) is 29.2. The van der Waals surface area contributed by atoms with Gasteiger partial charge in [0, 0.05) is 18.8 Å². The first-order chi connectivity index (χ1) is 7.10. The number of aliphatic hydroxyl groups is 2. The van der Waals surface area contributed by atoms with E-state index >= 15 is 0 Å². The summed E-state index contributed by atoms with van der Waals surface area (Å²) in [6.45, 7) is -0.453. The lowest BCUT2D eigenvalue weighted by Gasteiger charge is -2.34. The Morgan fingerprint density at radius 1 is 1.31 bits per heavy atom. The molecule has 0 aromatic carbocycles. The number of aliphatic hydroxyl groups excluding tert-OH is 1. The fourth-order valence-electron chi connectivity index (χ4n) is 1.60. The first-order valence-electron chi connectivity index (χ1n) is 4.97. The van der Waals surface area contributed by atoms with Gasteiger partial charge in [-0.05, 0) is 0 Å². The highest BCUT2D eigenvalue weighted by atomic mass is 16.4. The number of hydrogen-bond donors (Lipinski definition) is 2. The number of carbonyl (C=O) groups excluding carboxylic acids is 2. The van der Waals surface area contributed by atoms with Crippen LogP contribution in [0.5, 0.6) is 0 Å². The van der Waals surface area contributed by atoms with E-state index in [1.54, 1.807) is 21.1 Å². The van der Waals surface area contributed by atoms with Crippen molar-refractivity contribution in [3.8, 4) is 0 Å². The molecule has 16 heavy (non-hydrogen) atoms. The van der Waals surface area contributed by atoms with E-state index < -0.39 is 30.4 Å². The van der Waals surface area contributed by atoms with Crippen molar-refractivity contribution in [2.45, 2.75) is 18.4 Å². The van der Waals surface area contributed by atoms with Gasteiger partial charge in [-0.25, -0.2) is 0 Å². The summed E-state index contributed by atoms with van der Waals surface area (Å²) in [6, 6.07) is 0. The maximum Gasteiger partial charge on any atom is 0.177 e. The van der Waals surface area contributed by atoms with E-state index in [0.29, 0.717) is 0 Å². The largest absolute Gasteiger partial charge is 0.550 e.